The van der Waals surface area contributed by atoms with Crippen molar-refractivity contribution in [3.05, 3.63) is 11.6 Å². The van der Waals surface area contributed by atoms with Gasteiger partial charge in [0, 0.05) is 25.2 Å². The van der Waals surface area contributed by atoms with Gasteiger partial charge in [-0.05, 0) is 32.1 Å². The van der Waals surface area contributed by atoms with E-state index in [1.807, 2.05) is 4.90 Å². The number of halogens is 1. The van der Waals surface area contributed by atoms with Crippen LogP contribution in [0, 0.1) is 5.92 Å². The number of nitrogens with two attached hydrogens (primary N) is 1. The topological polar surface area (TPSA) is 46.3 Å². The van der Waals surface area contributed by atoms with Crippen LogP contribution in [0.4, 0.5) is 0 Å². The zero-order valence-corrected chi connectivity index (χ0v) is 9.93. The summed E-state index contributed by atoms with van der Waals surface area (Å²) in [5.41, 5.74) is 7.00. The first-order chi connectivity index (χ1) is 6.66. The first-order valence-electron chi connectivity index (χ1n) is 5.39. The summed E-state index contributed by atoms with van der Waals surface area (Å²) in [7, 11) is 0. The van der Waals surface area contributed by atoms with Gasteiger partial charge in [-0.15, -0.1) is 12.4 Å². The molecule has 1 aliphatic carbocycles. The van der Waals surface area contributed by atoms with Crippen molar-refractivity contribution in [3.8, 4) is 0 Å². The average Bonchev–Trinajstić information content (AvgIpc) is 2.89. The molecular formula is C11H19ClN2O. The maximum atomic E-state index is 11.7. The van der Waals surface area contributed by atoms with Gasteiger partial charge < -0.3 is 10.6 Å². The minimum Gasteiger partial charge on any atom is -0.338 e. The van der Waals surface area contributed by atoms with Gasteiger partial charge in [0.1, 0.15) is 0 Å². The second kappa shape index (κ2) is 4.99. The lowest BCUT2D eigenvalue weighted by Gasteiger charge is -2.13. The van der Waals surface area contributed by atoms with Gasteiger partial charge in [-0.3, -0.25) is 4.79 Å². The molecule has 4 heteroatoms. The molecule has 1 heterocycles. The van der Waals surface area contributed by atoms with E-state index in [0.29, 0.717) is 5.92 Å². The SMILES string of the molecule is C/C(=C\C(=O)N1CC[C@@H](N)C1)C1CC1.Cl. The van der Waals surface area contributed by atoms with E-state index in [2.05, 4.69) is 6.92 Å². The molecule has 2 rings (SSSR count). The number of rotatable bonds is 2. The van der Waals surface area contributed by atoms with Crippen molar-refractivity contribution >= 4 is 18.3 Å². The first-order valence-corrected chi connectivity index (χ1v) is 5.39. The van der Waals surface area contributed by atoms with Gasteiger partial charge >= 0.3 is 0 Å². The lowest BCUT2D eigenvalue weighted by molar-refractivity contribution is -0.125. The number of carbonyl (C=O) groups excluding carboxylic acids is 1. The number of allylic oxidation sites excluding steroid dienone is 1. The zero-order valence-electron chi connectivity index (χ0n) is 9.11. The van der Waals surface area contributed by atoms with E-state index < -0.39 is 0 Å². The molecular weight excluding hydrogens is 212 g/mol. The highest BCUT2D eigenvalue weighted by molar-refractivity contribution is 5.88. The zero-order chi connectivity index (χ0) is 10.1. The van der Waals surface area contributed by atoms with Crippen molar-refractivity contribution in [1.29, 1.82) is 0 Å². The monoisotopic (exact) mass is 230 g/mol. The molecule has 2 N–H and O–H groups in total. The van der Waals surface area contributed by atoms with Crippen molar-refractivity contribution < 1.29 is 4.79 Å². The lowest BCUT2D eigenvalue weighted by Crippen LogP contribution is -2.30. The largest absolute Gasteiger partial charge is 0.338 e. The lowest BCUT2D eigenvalue weighted by atomic mass is 10.2. The van der Waals surface area contributed by atoms with E-state index in [-0.39, 0.29) is 24.4 Å². The third-order valence-electron chi connectivity index (χ3n) is 3.11. The molecule has 1 aliphatic heterocycles. The number of hydrogen-bond acceptors (Lipinski definition) is 2. The van der Waals surface area contributed by atoms with Crippen LogP contribution in [-0.4, -0.2) is 29.9 Å². The molecule has 0 aromatic rings. The summed E-state index contributed by atoms with van der Waals surface area (Å²) in [6.45, 7) is 3.62. The summed E-state index contributed by atoms with van der Waals surface area (Å²) in [6, 6.07) is 0.189. The minimum atomic E-state index is 0. The molecule has 2 fully saturated rings. The third kappa shape index (κ3) is 3.21. The molecule has 15 heavy (non-hydrogen) atoms. The van der Waals surface area contributed by atoms with Gasteiger partial charge in [-0.25, -0.2) is 0 Å². The van der Waals surface area contributed by atoms with Crippen LogP contribution in [0.1, 0.15) is 26.2 Å². The van der Waals surface area contributed by atoms with Gasteiger partial charge in [0.15, 0.2) is 0 Å². The Bertz CT molecular complexity index is 274. The summed E-state index contributed by atoms with van der Waals surface area (Å²) in [4.78, 5) is 13.6. The van der Waals surface area contributed by atoms with Crippen LogP contribution in [0.15, 0.2) is 11.6 Å². The van der Waals surface area contributed by atoms with Gasteiger partial charge in [0.25, 0.3) is 0 Å². The molecule has 0 unspecified atom stereocenters. The molecule has 1 saturated carbocycles. The van der Waals surface area contributed by atoms with E-state index in [1.54, 1.807) is 6.08 Å². The summed E-state index contributed by atoms with van der Waals surface area (Å²) < 4.78 is 0. The molecule has 1 amide bonds. The van der Waals surface area contributed by atoms with E-state index in [9.17, 15) is 4.79 Å². The molecule has 86 valence electrons. The Labute approximate surface area is 97.1 Å². The highest BCUT2D eigenvalue weighted by Crippen LogP contribution is 2.36. The smallest absolute Gasteiger partial charge is 0.246 e. The number of carbonyl (C=O) groups is 1. The van der Waals surface area contributed by atoms with Gasteiger partial charge in [-0.2, -0.15) is 0 Å². The Kier molecular flexibility index (Phi) is 4.17. The second-order valence-electron chi connectivity index (χ2n) is 4.50. The average molecular weight is 231 g/mol. The predicted molar refractivity (Wildman–Crippen MR) is 62.9 cm³/mol. The number of amides is 1. The molecule has 0 bridgehead atoms. The normalized spacial score (nSPS) is 26.4. The molecule has 0 aromatic heterocycles. The van der Waals surface area contributed by atoms with Gasteiger partial charge in [0.2, 0.25) is 5.91 Å². The Morgan fingerprint density at radius 1 is 1.40 bits per heavy atom. The fourth-order valence-electron chi connectivity index (χ4n) is 1.93. The van der Waals surface area contributed by atoms with E-state index in [4.69, 9.17) is 5.73 Å². The van der Waals surface area contributed by atoms with Crippen molar-refractivity contribution in [2.24, 2.45) is 11.7 Å². The standard InChI is InChI=1S/C11H18N2O.ClH/c1-8(9-2-3-9)6-11(14)13-5-4-10(12)7-13;/h6,9-10H,2-5,7,12H2,1H3;1H/b8-6+;/t10-;/m1./s1. The summed E-state index contributed by atoms with van der Waals surface area (Å²) in [6.07, 6.45) is 5.27. The van der Waals surface area contributed by atoms with E-state index in [0.717, 1.165) is 19.5 Å². The predicted octanol–water partition coefficient (Wildman–Crippen LogP) is 1.32. The van der Waals surface area contributed by atoms with Crippen molar-refractivity contribution in [1.82, 2.24) is 4.90 Å². The van der Waals surface area contributed by atoms with E-state index in [1.165, 1.54) is 18.4 Å². The van der Waals surface area contributed by atoms with Crippen molar-refractivity contribution in [2.45, 2.75) is 32.2 Å². The fourth-order valence-corrected chi connectivity index (χ4v) is 1.93. The Balaban J connectivity index is 0.00000112. The Hall–Kier alpha value is -0.540. The number of nitrogens with zero attached hydrogens (tertiary/aromatic N) is 1. The van der Waals surface area contributed by atoms with Crippen molar-refractivity contribution in [3.63, 3.8) is 0 Å². The van der Waals surface area contributed by atoms with Crippen LogP contribution in [-0.2, 0) is 4.79 Å². The summed E-state index contributed by atoms with van der Waals surface area (Å²) in [5.74, 6) is 0.845. The molecule has 0 radical (unpaired) electrons. The van der Waals surface area contributed by atoms with Gasteiger partial charge in [0.05, 0.1) is 0 Å². The minimum absolute atomic E-state index is 0. The maximum absolute atomic E-state index is 11.7. The second-order valence-corrected chi connectivity index (χ2v) is 4.50. The number of likely N-dealkylation sites (tertiary alicyclic amines) is 1. The summed E-state index contributed by atoms with van der Waals surface area (Å²) >= 11 is 0. The quantitative estimate of drug-likeness (QED) is 0.728. The van der Waals surface area contributed by atoms with Crippen molar-refractivity contribution in [2.75, 3.05) is 13.1 Å². The highest BCUT2D eigenvalue weighted by atomic mass is 35.5. The molecule has 1 atom stereocenters. The van der Waals surface area contributed by atoms with Gasteiger partial charge in [-0.1, -0.05) is 5.57 Å². The molecule has 0 spiro atoms. The third-order valence-corrected chi connectivity index (χ3v) is 3.11. The van der Waals surface area contributed by atoms with Crippen LogP contribution < -0.4 is 5.73 Å². The van der Waals surface area contributed by atoms with Crippen LogP contribution in [0.5, 0.6) is 0 Å². The first kappa shape index (κ1) is 12.5. The molecule has 1 saturated heterocycles. The fraction of sp³-hybridized carbons (Fsp3) is 0.727. The highest BCUT2D eigenvalue weighted by Gasteiger charge is 2.26. The van der Waals surface area contributed by atoms with Crippen LogP contribution >= 0.6 is 12.4 Å². The number of hydrogen-bond donors (Lipinski definition) is 1. The molecule has 0 aromatic carbocycles. The van der Waals surface area contributed by atoms with Crippen LogP contribution in [0.3, 0.4) is 0 Å². The molecule has 2 aliphatic rings. The Morgan fingerprint density at radius 3 is 2.53 bits per heavy atom. The van der Waals surface area contributed by atoms with Crippen LogP contribution in [0.2, 0.25) is 0 Å². The van der Waals surface area contributed by atoms with E-state index >= 15 is 0 Å². The maximum Gasteiger partial charge on any atom is 0.246 e. The molecule has 3 nitrogen and oxygen atoms in total. The van der Waals surface area contributed by atoms with Crippen LogP contribution in [0.25, 0.3) is 0 Å². The summed E-state index contributed by atoms with van der Waals surface area (Å²) in [5, 5.41) is 0. The Morgan fingerprint density at radius 2 is 2.07 bits per heavy atom.